The zero-order valence-electron chi connectivity index (χ0n) is 15.9. The van der Waals surface area contributed by atoms with E-state index >= 15 is 0 Å². The maximum atomic E-state index is 13.1. The van der Waals surface area contributed by atoms with Crippen molar-refractivity contribution in [1.29, 1.82) is 0 Å². The third-order valence-electron chi connectivity index (χ3n) is 3.54. The molecule has 0 aliphatic carbocycles. The van der Waals surface area contributed by atoms with E-state index < -0.39 is 50.1 Å². The van der Waals surface area contributed by atoms with E-state index in [9.17, 15) is 39.5 Å². The van der Waals surface area contributed by atoms with E-state index in [1.54, 1.807) is 0 Å². The fraction of sp³-hybridized carbons (Fsp3) is 0.333. The normalized spacial score (nSPS) is 14.7. The van der Waals surface area contributed by atoms with Crippen LogP contribution in [0, 0.1) is 0 Å². The van der Waals surface area contributed by atoms with Crippen LogP contribution in [-0.4, -0.2) is 38.3 Å². The number of alkyl halides is 9. The second kappa shape index (κ2) is 9.76. The van der Waals surface area contributed by atoms with Crippen molar-refractivity contribution in [2.75, 3.05) is 19.8 Å². The Morgan fingerprint density at radius 2 is 0.906 bits per heavy atom. The van der Waals surface area contributed by atoms with Crippen molar-refractivity contribution in [2.24, 2.45) is 0 Å². The van der Waals surface area contributed by atoms with Crippen LogP contribution in [0.3, 0.4) is 0 Å². The van der Waals surface area contributed by atoms with Gasteiger partial charge in [-0.05, 0) is 0 Å². The van der Waals surface area contributed by atoms with Gasteiger partial charge in [0, 0.05) is 0 Å². The van der Waals surface area contributed by atoms with Crippen LogP contribution < -0.4 is 5.30 Å². The third-order valence-corrected chi connectivity index (χ3v) is 10.4. The van der Waals surface area contributed by atoms with Gasteiger partial charge in [0.05, 0.1) is 0 Å². The van der Waals surface area contributed by atoms with Gasteiger partial charge in [0.25, 0.3) is 0 Å². The molecule has 3 nitrogen and oxygen atoms in total. The monoisotopic (exact) mass is 514 g/mol. The van der Waals surface area contributed by atoms with E-state index in [0.29, 0.717) is 0 Å². The molecule has 0 N–H and O–H groups in total. The second-order valence-electron chi connectivity index (χ2n) is 6.22. The molecule has 2 aromatic rings. The van der Waals surface area contributed by atoms with Crippen LogP contribution in [0.2, 0.25) is 0 Å². The fourth-order valence-corrected chi connectivity index (χ4v) is 8.78. The molecule has 0 aliphatic rings. The Morgan fingerprint density at radius 3 is 1.25 bits per heavy atom. The zero-order valence-corrected chi connectivity index (χ0v) is 17.6. The summed E-state index contributed by atoms with van der Waals surface area (Å²) in [5, 5.41) is -0.523. The maximum absolute atomic E-state index is 13.1. The van der Waals surface area contributed by atoms with Crippen LogP contribution >= 0.6 is 17.9 Å². The van der Waals surface area contributed by atoms with Gasteiger partial charge in [0.2, 0.25) is 0 Å². The number of hydrogen-bond acceptors (Lipinski definition) is 4. The molecule has 0 heterocycles. The summed E-state index contributed by atoms with van der Waals surface area (Å²) in [4.78, 5) is -0.0273. The van der Waals surface area contributed by atoms with E-state index in [2.05, 4.69) is 0 Å². The Morgan fingerprint density at radius 1 is 0.562 bits per heavy atom. The summed E-state index contributed by atoms with van der Waals surface area (Å²) in [6.45, 7) is -12.7. The molecule has 0 aromatic heterocycles. The Labute approximate surface area is 180 Å². The Kier molecular flexibility index (Phi) is 8.15. The first kappa shape index (κ1) is 26.7. The molecule has 0 saturated carbocycles. The van der Waals surface area contributed by atoms with Gasteiger partial charge in [-0.2, -0.15) is 0 Å². The minimum atomic E-state index is -6.05. The molecule has 0 aliphatic heterocycles. The average molecular weight is 514 g/mol. The van der Waals surface area contributed by atoms with Crippen molar-refractivity contribution >= 4 is 23.2 Å². The van der Waals surface area contributed by atoms with E-state index in [4.69, 9.17) is 13.6 Å². The van der Waals surface area contributed by atoms with Gasteiger partial charge in [-0.25, -0.2) is 0 Å². The molecule has 32 heavy (non-hydrogen) atoms. The molecule has 0 fully saturated rings. The molecular weight excluding hydrogens is 498 g/mol. The van der Waals surface area contributed by atoms with E-state index in [-0.39, 0.29) is 16.3 Å². The molecule has 2 rings (SSSR count). The molecule has 0 unspecified atom stereocenters. The number of halogens is 9. The molecular formula is C18H16F9O3PS. The van der Waals surface area contributed by atoms with Crippen LogP contribution in [0.25, 0.3) is 0 Å². The molecule has 0 radical (unpaired) electrons. The first-order valence-electron chi connectivity index (χ1n) is 8.61. The summed E-state index contributed by atoms with van der Waals surface area (Å²) in [5.74, 6) is 0. The molecule has 180 valence electrons. The van der Waals surface area contributed by atoms with Gasteiger partial charge in [0.15, 0.2) is 0 Å². The van der Waals surface area contributed by atoms with Crippen molar-refractivity contribution in [3.05, 3.63) is 60.7 Å². The fourth-order valence-electron chi connectivity index (χ4n) is 2.36. The molecule has 0 atom stereocenters. The summed E-state index contributed by atoms with van der Waals surface area (Å²) in [6.07, 6.45) is -15.3. The Hall–Kier alpha value is -1.53. The molecule has 2 aromatic carbocycles. The summed E-state index contributed by atoms with van der Waals surface area (Å²) in [6, 6.07) is 12.5. The van der Waals surface area contributed by atoms with Gasteiger partial charge in [-0.3, -0.25) is 0 Å². The Balaban J connectivity index is 2.76. The topological polar surface area (TPSA) is 27.7 Å². The van der Waals surface area contributed by atoms with Crippen LogP contribution in [0.15, 0.2) is 65.6 Å². The van der Waals surface area contributed by atoms with Crippen molar-refractivity contribution in [3.8, 4) is 0 Å². The predicted molar refractivity (Wildman–Crippen MR) is 101 cm³/mol. The van der Waals surface area contributed by atoms with Crippen molar-refractivity contribution < 1.29 is 53.1 Å². The van der Waals surface area contributed by atoms with E-state index in [1.807, 2.05) is 0 Å². The van der Waals surface area contributed by atoms with Crippen LogP contribution in [-0.2, 0) is 13.6 Å². The minimum absolute atomic E-state index is 0.0273. The molecule has 0 spiro atoms. The van der Waals surface area contributed by atoms with E-state index in [1.165, 1.54) is 48.5 Å². The summed E-state index contributed by atoms with van der Waals surface area (Å²) < 4.78 is 132. The molecule has 0 amide bonds. The van der Waals surface area contributed by atoms with Crippen molar-refractivity contribution in [1.82, 2.24) is 0 Å². The van der Waals surface area contributed by atoms with Gasteiger partial charge in [-0.15, -0.1) is 0 Å². The number of rotatable bonds is 9. The van der Waals surface area contributed by atoms with Gasteiger partial charge >= 0.3 is 180 Å². The first-order chi connectivity index (χ1) is 14.6. The van der Waals surface area contributed by atoms with Gasteiger partial charge in [-0.1, -0.05) is 0 Å². The molecule has 0 saturated heterocycles. The summed E-state index contributed by atoms with van der Waals surface area (Å²) in [5.41, 5.74) is 0. The van der Waals surface area contributed by atoms with Gasteiger partial charge < -0.3 is 0 Å². The number of benzene rings is 2. The first-order valence-corrected chi connectivity index (χ1v) is 12.0. The summed E-state index contributed by atoms with van der Waals surface area (Å²) in [7, 11) is 0. The SMILES string of the molecule is FC(F)(F)COP(OCC(F)(F)F)(OCC(F)(F)F)(Sc1ccccc1)c1ccccc1. The van der Waals surface area contributed by atoms with E-state index in [0.717, 1.165) is 12.1 Å². The van der Waals surface area contributed by atoms with Crippen molar-refractivity contribution in [2.45, 2.75) is 23.4 Å². The zero-order chi connectivity index (χ0) is 24.1. The van der Waals surface area contributed by atoms with Gasteiger partial charge in [0.1, 0.15) is 0 Å². The quantitative estimate of drug-likeness (QED) is 0.265. The summed E-state index contributed by atoms with van der Waals surface area (Å²) >= 11 is 0.123. The van der Waals surface area contributed by atoms with Crippen LogP contribution in [0.1, 0.15) is 0 Å². The third kappa shape index (κ3) is 7.80. The Bertz CT molecular complexity index is 810. The number of hydrogen-bond donors (Lipinski definition) is 0. The molecule has 0 bridgehead atoms. The molecule has 14 heteroatoms. The predicted octanol–water partition coefficient (Wildman–Crippen LogP) is 7.05. The second-order valence-corrected chi connectivity index (χ2v) is 12.2. The average Bonchev–Trinajstić information content (AvgIpc) is 2.69. The standard InChI is InChI=1S/C18H16F9O3PS/c19-16(20,21)11-28-31(29-12-17(22,23)24,30-13-18(25,26)27,14-7-3-1-4-8-14)32-15-9-5-2-6-10-15/h1-10H,11-13H2. The van der Waals surface area contributed by atoms with Crippen molar-refractivity contribution in [3.63, 3.8) is 0 Å². The van der Waals surface area contributed by atoms with Crippen LogP contribution in [0.4, 0.5) is 39.5 Å². The van der Waals surface area contributed by atoms with Crippen LogP contribution in [0.5, 0.6) is 0 Å².